The number of halogens is 2. The second-order valence-electron chi connectivity index (χ2n) is 4.98. The van der Waals surface area contributed by atoms with E-state index in [-0.39, 0.29) is 15.7 Å². The molecule has 1 aliphatic heterocycles. The number of likely N-dealkylation sites (tertiary alicyclic amines) is 1. The number of carbonyl (C=O) groups is 1. The van der Waals surface area contributed by atoms with E-state index >= 15 is 0 Å². The molecule has 2 N–H and O–H groups in total. The third-order valence-electron chi connectivity index (χ3n) is 3.86. The summed E-state index contributed by atoms with van der Waals surface area (Å²) in [5.74, 6) is -0.670. The van der Waals surface area contributed by atoms with Gasteiger partial charge in [-0.15, -0.1) is 0 Å². The molecule has 2 rings (SSSR count). The minimum atomic E-state index is -0.526. The molecule has 0 aromatic heterocycles. The van der Waals surface area contributed by atoms with Crippen LogP contribution in [0.1, 0.15) is 23.2 Å². The van der Waals surface area contributed by atoms with Crippen LogP contribution in [0.3, 0.4) is 0 Å². The van der Waals surface area contributed by atoms with E-state index in [9.17, 15) is 9.18 Å². The van der Waals surface area contributed by atoms with E-state index in [0.717, 1.165) is 12.8 Å². The molecule has 1 saturated heterocycles. The highest BCUT2D eigenvalue weighted by molar-refractivity contribution is 8.02. The highest BCUT2D eigenvalue weighted by atomic mass is 35.5. The third-order valence-corrected chi connectivity index (χ3v) is 6.08. The Morgan fingerprint density at radius 3 is 2.57 bits per heavy atom. The molecule has 1 aromatic carbocycles. The maximum Gasteiger partial charge on any atom is 0.253 e. The number of piperidine rings is 1. The number of thioether (sulfide) groups is 1. The predicted octanol–water partition coefficient (Wildman–Crippen LogP) is 3.10. The number of nitrogens with two attached hydrogens (primary N) is 1. The zero-order valence-corrected chi connectivity index (χ0v) is 14.0. The molecule has 0 atom stereocenters. The van der Waals surface area contributed by atoms with Crippen LogP contribution in [-0.2, 0) is 0 Å². The standard InChI is InChI=1S/C14H16ClFN2OS2/c1-21-14(13(17)20)4-6-18(7-5-14)12(19)9-2-3-11(16)10(15)8-9/h2-3,8H,4-7H2,1H3,(H2,17,20). The molecule has 114 valence electrons. The van der Waals surface area contributed by atoms with Gasteiger partial charge < -0.3 is 10.6 Å². The van der Waals surface area contributed by atoms with Crippen LogP contribution in [0.4, 0.5) is 4.39 Å². The summed E-state index contributed by atoms with van der Waals surface area (Å²) in [7, 11) is 0. The van der Waals surface area contributed by atoms with Crippen LogP contribution in [0.5, 0.6) is 0 Å². The van der Waals surface area contributed by atoms with Crippen molar-refractivity contribution >= 4 is 46.5 Å². The Kier molecular flexibility index (Phi) is 5.11. The summed E-state index contributed by atoms with van der Waals surface area (Å²) in [4.78, 5) is 14.6. The van der Waals surface area contributed by atoms with Crippen molar-refractivity contribution in [1.29, 1.82) is 0 Å². The van der Waals surface area contributed by atoms with Crippen LogP contribution in [-0.4, -0.2) is 39.9 Å². The molecular formula is C14H16ClFN2OS2. The normalized spacial score (nSPS) is 17.6. The molecule has 0 radical (unpaired) electrons. The van der Waals surface area contributed by atoms with E-state index in [0.29, 0.717) is 23.6 Å². The van der Waals surface area contributed by atoms with Gasteiger partial charge in [-0.05, 0) is 37.3 Å². The second-order valence-corrected chi connectivity index (χ2v) is 7.02. The summed E-state index contributed by atoms with van der Waals surface area (Å²) >= 11 is 12.5. The number of hydrogen-bond donors (Lipinski definition) is 1. The number of nitrogens with zero attached hydrogens (tertiary/aromatic N) is 1. The Morgan fingerprint density at radius 2 is 2.10 bits per heavy atom. The molecule has 1 heterocycles. The van der Waals surface area contributed by atoms with Gasteiger partial charge in [0.2, 0.25) is 0 Å². The first-order valence-electron chi connectivity index (χ1n) is 6.49. The Bertz CT molecular complexity index is 574. The lowest BCUT2D eigenvalue weighted by Gasteiger charge is -2.40. The quantitative estimate of drug-likeness (QED) is 0.854. The van der Waals surface area contributed by atoms with Gasteiger partial charge in [0.25, 0.3) is 5.91 Å². The number of thiocarbonyl (C=S) groups is 1. The smallest absolute Gasteiger partial charge is 0.253 e. The van der Waals surface area contributed by atoms with E-state index in [1.54, 1.807) is 16.7 Å². The van der Waals surface area contributed by atoms with Crippen LogP contribution in [0.2, 0.25) is 5.02 Å². The topological polar surface area (TPSA) is 46.3 Å². The largest absolute Gasteiger partial charge is 0.392 e. The Labute approximate surface area is 138 Å². The lowest BCUT2D eigenvalue weighted by atomic mass is 9.95. The summed E-state index contributed by atoms with van der Waals surface area (Å²) in [5, 5.41) is -0.0422. The van der Waals surface area contributed by atoms with Gasteiger partial charge in [0.1, 0.15) is 5.82 Å². The summed E-state index contributed by atoms with van der Waals surface area (Å²) in [6.45, 7) is 1.15. The molecule has 1 fully saturated rings. The van der Waals surface area contributed by atoms with Crippen LogP contribution in [0.15, 0.2) is 18.2 Å². The molecule has 0 unspecified atom stereocenters. The zero-order valence-electron chi connectivity index (χ0n) is 11.6. The fraction of sp³-hybridized carbons (Fsp3) is 0.429. The maximum absolute atomic E-state index is 13.2. The maximum atomic E-state index is 13.2. The molecular weight excluding hydrogens is 331 g/mol. The fourth-order valence-electron chi connectivity index (χ4n) is 2.43. The van der Waals surface area contributed by atoms with Crippen LogP contribution in [0, 0.1) is 5.82 Å². The summed E-state index contributed by atoms with van der Waals surface area (Å²) in [6.07, 6.45) is 3.44. The highest BCUT2D eigenvalue weighted by Crippen LogP contribution is 2.35. The number of amides is 1. The molecule has 3 nitrogen and oxygen atoms in total. The molecule has 7 heteroatoms. The second kappa shape index (κ2) is 6.50. The molecule has 1 aliphatic rings. The number of carbonyl (C=O) groups excluding carboxylic acids is 1. The van der Waals surface area contributed by atoms with Gasteiger partial charge in [-0.1, -0.05) is 23.8 Å². The summed E-state index contributed by atoms with van der Waals surface area (Å²) < 4.78 is 12.9. The molecule has 1 aromatic rings. The molecule has 21 heavy (non-hydrogen) atoms. The highest BCUT2D eigenvalue weighted by Gasteiger charge is 2.38. The van der Waals surface area contributed by atoms with E-state index in [1.165, 1.54) is 18.2 Å². The van der Waals surface area contributed by atoms with Crippen molar-refractivity contribution in [2.24, 2.45) is 5.73 Å². The van der Waals surface area contributed by atoms with Crippen LogP contribution in [0.25, 0.3) is 0 Å². The summed E-state index contributed by atoms with van der Waals surface area (Å²) in [6, 6.07) is 4.03. The van der Waals surface area contributed by atoms with Crippen molar-refractivity contribution in [2.75, 3.05) is 19.3 Å². The lowest BCUT2D eigenvalue weighted by molar-refractivity contribution is 0.0719. The average molecular weight is 347 g/mol. The van der Waals surface area contributed by atoms with Gasteiger partial charge in [-0.25, -0.2) is 4.39 Å². The van der Waals surface area contributed by atoms with Gasteiger partial charge in [-0.3, -0.25) is 4.79 Å². The number of hydrogen-bond acceptors (Lipinski definition) is 3. The SMILES string of the molecule is CSC1(C(N)=S)CCN(C(=O)c2ccc(F)c(Cl)c2)CC1. The van der Waals surface area contributed by atoms with Crippen molar-refractivity contribution in [2.45, 2.75) is 17.6 Å². The van der Waals surface area contributed by atoms with Crippen LogP contribution < -0.4 is 5.73 Å². The molecule has 0 bridgehead atoms. The van der Waals surface area contributed by atoms with Gasteiger partial charge in [0.15, 0.2) is 0 Å². The molecule has 0 aliphatic carbocycles. The van der Waals surface area contributed by atoms with Gasteiger partial charge in [0, 0.05) is 18.7 Å². The third kappa shape index (κ3) is 3.33. The van der Waals surface area contributed by atoms with Gasteiger partial charge in [-0.2, -0.15) is 11.8 Å². The Hall–Kier alpha value is -0.850. The number of benzene rings is 1. The minimum absolute atomic E-state index is 0.0422. The number of rotatable bonds is 3. The van der Waals surface area contributed by atoms with Crippen molar-refractivity contribution in [3.63, 3.8) is 0 Å². The monoisotopic (exact) mass is 346 g/mol. The zero-order chi connectivity index (χ0) is 15.6. The Morgan fingerprint density at radius 1 is 1.48 bits per heavy atom. The molecule has 1 amide bonds. The van der Waals surface area contributed by atoms with E-state index in [1.807, 2.05) is 6.26 Å². The van der Waals surface area contributed by atoms with Crippen molar-refractivity contribution < 1.29 is 9.18 Å². The lowest BCUT2D eigenvalue weighted by Crippen LogP contribution is -2.50. The minimum Gasteiger partial charge on any atom is -0.392 e. The Balaban J connectivity index is 2.09. The van der Waals surface area contributed by atoms with Crippen molar-refractivity contribution in [3.8, 4) is 0 Å². The molecule has 0 spiro atoms. The van der Waals surface area contributed by atoms with E-state index < -0.39 is 5.82 Å². The van der Waals surface area contributed by atoms with E-state index in [2.05, 4.69) is 0 Å². The predicted molar refractivity (Wildman–Crippen MR) is 89.6 cm³/mol. The average Bonchev–Trinajstić information content (AvgIpc) is 2.49. The van der Waals surface area contributed by atoms with E-state index in [4.69, 9.17) is 29.6 Å². The fourth-order valence-corrected chi connectivity index (χ4v) is 3.86. The van der Waals surface area contributed by atoms with Gasteiger partial charge >= 0.3 is 0 Å². The van der Waals surface area contributed by atoms with Crippen molar-refractivity contribution in [1.82, 2.24) is 4.90 Å². The first-order valence-corrected chi connectivity index (χ1v) is 8.50. The van der Waals surface area contributed by atoms with Gasteiger partial charge in [0.05, 0.1) is 14.8 Å². The van der Waals surface area contributed by atoms with Crippen molar-refractivity contribution in [3.05, 3.63) is 34.6 Å². The van der Waals surface area contributed by atoms with Crippen LogP contribution >= 0.6 is 35.6 Å². The first kappa shape index (κ1) is 16.5. The first-order chi connectivity index (χ1) is 9.89. The summed E-state index contributed by atoms with van der Waals surface area (Å²) in [5.41, 5.74) is 6.23. The molecule has 0 saturated carbocycles.